The summed E-state index contributed by atoms with van der Waals surface area (Å²) in [5.41, 5.74) is 7.52. The van der Waals surface area contributed by atoms with Crippen molar-refractivity contribution in [1.29, 1.82) is 0 Å². The molecule has 232 valence electrons. The van der Waals surface area contributed by atoms with Gasteiger partial charge in [-0.3, -0.25) is 4.79 Å². The van der Waals surface area contributed by atoms with E-state index in [1.807, 2.05) is 97.3 Å². The monoisotopic (exact) mass is 663 g/mol. The van der Waals surface area contributed by atoms with Gasteiger partial charge in [-0.2, -0.15) is 0 Å². The third kappa shape index (κ3) is 7.04. The number of nitrogens with one attached hydrogen (secondary N) is 1. The summed E-state index contributed by atoms with van der Waals surface area (Å²) < 4.78 is 13.4. The molecule has 0 saturated carbocycles. The zero-order valence-electron chi connectivity index (χ0n) is 24.4. The van der Waals surface area contributed by atoms with Crippen LogP contribution < -0.4 is 5.32 Å². The second kappa shape index (κ2) is 13.5. The van der Waals surface area contributed by atoms with Gasteiger partial charge in [0.05, 0.1) is 42.7 Å². The maximum Gasteiger partial charge on any atom is 0.272 e. The van der Waals surface area contributed by atoms with Gasteiger partial charge in [0, 0.05) is 18.0 Å². The van der Waals surface area contributed by atoms with Crippen LogP contribution in [0.15, 0.2) is 103 Å². The lowest BCUT2D eigenvalue weighted by atomic mass is 9.90. The van der Waals surface area contributed by atoms with Crippen LogP contribution in [-0.2, 0) is 34.0 Å². The lowest BCUT2D eigenvalue weighted by Gasteiger charge is -2.41. The number of carbonyl (C=O) groups is 1. The van der Waals surface area contributed by atoms with Crippen LogP contribution in [0.4, 0.5) is 0 Å². The van der Waals surface area contributed by atoms with Gasteiger partial charge in [-0.1, -0.05) is 127 Å². The Morgan fingerprint density at radius 2 is 1.60 bits per heavy atom. The Bertz CT molecular complexity index is 1770. The van der Waals surface area contributed by atoms with Gasteiger partial charge in [-0.05, 0) is 39.9 Å². The molecule has 6 rings (SSSR count). The van der Waals surface area contributed by atoms with Crippen LogP contribution in [-0.4, -0.2) is 30.5 Å². The molecule has 1 saturated heterocycles. The molecule has 0 bridgehead atoms. The molecule has 1 fully saturated rings. The quantitative estimate of drug-likeness (QED) is 0.166. The molecule has 4 atom stereocenters. The van der Waals surface area contributed by atoms with Crippen molar-refractivity contribution in [2.24, 2.45) is 5.92 Å². The molecule has 45 heavy (non-hydrogen) atoms. The number of carbonyl (C=O) groups excluding carboxylic acids is 1. The number of imidazole rings is 1. The van der Waals surface area contributed by atoms with E-state index in [0.29, 0.717) is 6.54 Å². The second-order valence-corrected chi connectivity index (χ2v) is 13.4. The zero-order valence-corrected chi connectivity index (χ0v) is 26.7. The molecule has 1 aliphatic rings. The first-order valence-electron chi connectivity index (χ1n) is 14.6. The molecule has 1 aromatic heterocycles. The standard InChI is InChI=1S/C35H32Cl3N3O4/c1-22-31(19-41-21-40-29-8-4-5-9-30(29)41)44-33(45-32(22)25-12-10-23(20-42)11-13-25)26-16-14-24(15-17-26)28-7-3-2-6-27(28)18-39-34(43)35(36,37)38/h2-17,21-22,31-33,42H,18-20H2,1H3,(H,39,43). The Balaban J connectivity index is 1.27. The van der Waals surface area contributed by atoms with E-state index in [9.17, 15) is 9.90 Å². The summed E-state index contributed by atoms with van der Waals surface area (Å²) >= 11 is 17.2. The van der Waals surface area contributed by atoms with Crippen molar-refractivity contribution in [2.45, 2.75) is 48.9 Å². The van der Waals surface area contributed by atoms with Crippen LogP contribution in [0.25, 0.3) is 22.2 Å². The molecule has 7 nitrogen and oxygen atoms in total. The number of benzene rings is 4. The van der Waals surface area contributed by atoms with Crippen molar-refractivity contribution < 1.29 is 19.4 Å². The number of hydrogen-bond donors (Lipinski definition) is 2. The van der Waals surface area contributed by atoms with Crippen molar-refractivity contribution in [1.82, 2.24) is 14.9 Å². The fraction of sp³-hybridized carbons (Fsp3) is 0.257. The highest BCUT2D eigenvalue weighted by atomic mass is 35.6. The molecule has 2 heterocycles. The number of nitrogens with zero attached hydrogens (tertiary/aromatic N) is 2. The smallest absolute Gasteiger partial charge is 0.272 e. The van der Waals surface area contributed by atoms with Crippen molar-refractivity contribution in [3.05, 3.63) is 126 Å². The second-order valence-electron chi connectivity index (χ2n) is 11.2. The fourth-order valence-corrected chi connectivity index (χ4v) is 5.93. The molecule has 10 heteroatoms. The number of alkyl halides is 3. The average Bonchev–Trinajstić information content (AvgIpc) is 3.47. The maximum atomic E-state index is 12.1. The van der Waals surface area contributed by atoms with Crippen LogP contribution in [0.1, 0.15) is 41.6 Å². The molecule has 4 unspecified atom stereocenters. The van der Waals surface area contributed by atoms with E-state index in [2.05, 4.69) is 27.9 Å². The van der Waals surface area contributed by atoms with Gasteiger partial charge in [0.15, 0.2) is 6.29 Å². The topological polar surface area (TPSA) is 85.6 Å². The molecule has 1 amide bonds. The fourth-order valence-electron chi connectivity index (χ4n) is 5.73. The van der Waals surface area contributed by atoms with Crippen LogP contribution in [0.5, 0.6) is 0 Å². The number of amides is 1. The highest BCUT2D eigenvalue weighted by Gasteiger charge is 2.38. The first-order valence-corrected chi connectivity index (χ1v) is 15.8. The van der Waals surface area contributed by atoms with Crippen molar-refractivity contribution in [2.75, 3.05) is 0 Å². The Hall–Kier alpha value is -3.43. The van der Waals surface area contributed by atoms with E-state index in [-0.39, 0.29) is 31.3 Å². The highest BCUT2D eigenvalue weighted by Crippen LogP contribution is 2.42. The first kappa shape index (κ1) is 31.5. The van der Waals surface area contributed by atoms with Gasteiger partial charge >= 0.3 is 0 Å². The number of aliphatic hydroxyl groups is 1. The molecule has 4 aromatic carbocycles. The molecular formula is C35H32Cl3N3O4. The van der Waals surface area contributed by atoms with Gasteiger partial charge in [0.2, 0.25) is 0 Å². The first-order chi connectivity index (χ1) is 21.7. The van der Waals surface area contributed by atoms with Crippen molar-refractivity contribution in [3.8, 4) is 11.1 Å². The Morgan fingerprint density at radius 1 is 0.911 bits per heavy atom. The summed E-state index contributed by atoms with van der Waals surface area (Å²) in [6, 6.07) is 31.7. The summed E-state index contributed by atoms with van der Waals surface area (Å²) in [6.07, 6.45) is 0.832. The van der Waals surface area contributed by atoms with E-state index >= 15 is 0 Å². The normalized spacial score (nSPS) is 20.3. The maximum absolute atomic E-state index is 12.1. The van der Waals surface area contributed by atoms with E-state index < -0.39 is 16.0 Å². The zero-order chi connectivity index (χ0) is 31.6. The predicted molar refractivity (Wildman–Crippen MR) is 177 cm³/mol. The number of fused-ring (bicyclic) bond motifs is 1. The largest absolute Gasteiger partial charge is 0.392 e. The molecule has 0 aliphatic carbocycles. The third-order valence-corrected chi connectivity index (χ3v) is 8.75. The van der Waals surface area contributed by atoms with Gasteiger partial charge in [-0.15, -0.1) is 0 Å². The minimum absolute atomic E-state index is 0.0157. The minimum atomic E-state index is -2.03. The molecule has 5 aromatic rings. The summed E-state index contributed by atoms with van der Waals surface area (Å²) in [7, 11) is 0. The van der Waals surface area contributed by atoms with E-state index in [1.54, 1.807) is 0 Å². The highest BCUT2D eigenvalue weighted by molar-refractivity contribution is 6.76. The number of para-hydroxylation sites is 2. The van der Waals surface area contributed by atoms with Crippen LogP contribution in [0, 0.1) is 5.92 Å². The Morgan fingerprint density at radius 3 is 2.33 bits per heavy atom. The lowest BCUT2D eigenvalue weighted by molar-refractivity contribution is -0.276. The van der Waals surface area contributed by atoms with Gasteiger partial charge in [-0.25, -0.2) is 4.98 Å². The van der Waals surface area contributed by atoms with Crippen LogP contribution in [0.3, 0.4) is 0 Å². The number of rotatable bonds is 8. The summed E-state index contributed by atoms with van der Waals surface area (Å²) in [5, 5.41) is 12.3. The van der Waals surface area contributed by atoms with Gasteiger partial charge < -0.3 is 24.5 Å². The van der Waals surface area contributed by atoms with Gasteiger partial charge in [0.25, 0.3) is 9.70 Å². The number of aromatic nitrogens is 2. The average molecular weight is 665 g/mol. The molecular weight excluding hydrogens is 633 g/mol. The number of ether oxygens (including phenoxy) is 2. The number of hydrogen-bond acceptors (Lipinski definition) is 5. The third-order valence-electron chi connectivity index (χ3n) is 8.24. The molecule has 0 radical (unpaired) electrons. The number of aliphatic hydroxyl groups excluding tert-OH is 1. The number of halogens is 3. The van der Waals surface area contributed by atoms with Crippen molar-refractivity contribution in [3.63, 3.8) is 0 Å². The summed E-state index contributed by atoms with van der Waals surface area (Å²) in [5.74, 6) is -0.659. The van der Waals surface area contributed by atoms with E-state index in [0.717, 1.165) is 44.4 Å². The SMILES string of the molecule is CC1C(Cn2cnc3ccccc32)OC(c2ccc(-c3ccccc3CNC(=O)C(Cl)(Cl)Cl)cc2)OC1c1ccc(CO)cc1. The summed E-state index contributed by atoms with van der Waals surface area (Å²) in [4.78, 5) is 16.7. The Labute approximate surface area is 276 Å². The minimum Gasteiger partial charge on any atom is -0.392 e. The van der Waals surface area contributed by atoms with Crippen LogP contribution >= 0.6 is 34.8 Å². The van der Waals surface area contributed by atoms with Crippen LogP contribution in [0.2, 0.25) is 0 Å². The molecule has 0 spiro atoms. The Kier molecular flexibility index (Phi) is 9.47. The van der Waals surface area contributed by atoms with Gasteiger partial charge in [0.1, 0.15) is 0 Å². The summed E-state index contributed by atoms with van der Waals surface area (Å²) in [6.45, 7) is 2.95. The van der Waals surface area contributed by atoms with E-state index in [4.69, 9.17) is 44.3 Å². The molecule has 1 aliphatic heterocycles. The van der Waals surface area contributed by atoms with Crippen molar-refractivity contribution >= 4 is 51.7 Å². The van der Waals surface area contributed by atoms with E-state index in [1.165, 1.54) is 0 Å². The predicted octanol–water partition coefficient (Wildman–Crippen LogP) is 7.67. The lowest BCUT2D eigenvalue weighted by Crippen LogP contribution is -2.39. The molecule has 2 N–H and O–H groups in total.